The van der Waals surface area contributed by atoms with Gasteiger partial charge in [-0.15, -0.1) is 0 Å². The van der Waals surface area contributed by atoms with Gasteiger partial charge in [0.1, 0.15) is 0 Å². The zero-order chi connectivity index (χ0) is 12.6. The van der Waals surface area contributed by atoms with Crippen molar-refractivity contribution in [2.45, 2.75) is 78.0 Å². The maximum atomic E-state index is 10.3. The molecule has 2 aliphatic rings. The summed E-state index contributed by atoms with van der Waals surface area (Å²) in [5.41, 5.74) is 0.390. The largest absolute Gasteiger partial charge is 0.391 e. The summed E-state index contributed by atoms with van der Waals surface area (Å²) < 4.78 is 0. The third-order valence-electron chi connectivity index (χ3n) is 5.04. The van der Waals surface area contributed by atoms with Crippen LogP contribution in [0.25, 0.3) is 0 Å². The first-order valence-corrected chi connectivity index (χ1v) is 7.33. The Hall–Kier alpha value is -0.0800. The van der Waals surface area contributed by atoms with Gasteiger partial charge in [0.15, 0.2) is 0 Å². The molecule has 2 fully saturated rings. The van der Waals surface area contributed by atoms with Crippen LogP contribution in [0, 0.1) is 11.3 Å². The Kier molecular flexibility index (Phi) is 3.84. The molecular weight excluding hydrogens is 210 g/mol. The van der Waals surface area contributed by atoms with Crippen molar-refractivity contribution in [2.24, 2.45) is 11.3 Å². The Morgan fingerprint density at radius 3 is 2.35 bits per heavy atom. The predicted octanol–water partition coefficient (Wildman–Crippen LogP) is 3.05. The van der Waals surface area contributed by atoms with Crippen LogP contribution < -0.4 is 0 Å². The summed E-state index contributed by atoms with van der Waals surface area (Å²) in [4.78, 5) is 2.57. The van der Waals surface area contributed by atoms with E-state index in [1.807, 2.05) is 0 Å². The van der Waals surface area contributed by atoms with E-state index in [4.69, 9.17) is 0 Å². The van der Waals surface area contributed by atoms with Gasteiger partial charge in [0.05, 0.1) is 6.10 Å². The van der Waals surface area contributed by atoms with Gasteiger partial charge in [0, 0.05) is 12.1 Å². The standard InChI is InChI=1S/C15H29NO/c1-11-6-5-9-16(11)13-10-12(15(2,3)4)7-8-14(13)17/h11-14,17H,5-10H2,1-4H3. The highest BCUT2D eigenvalue weighted by molar-refractivity contribution is 4.93. The molecule has 1 heterocycles. The highest BCUT2D eigenvalue weighted by Crippen LogP contribution is 2.40. The van der Waals surface area contributed by atoms with Gasteiger partial charge in [0.25, 0.3) is 0 Å². The Morgan fingerprint density at radius 1 is 1.12 bits per heavy atom. The van der Waals surface area contributed by atoms with Crippen molar-refractivity contribution in [3.05, 3.63) is 0 Å². The van der Waals surface area contributed by atoms with E-state index in [1.54, 1.807) is 0 Å². The van der Waals surface area contributed by atoms with Crippen molar-refractivity contribution in [3.8, 4) is 0 Å². The molecule has 2 nitrogen and oxygen atoms in total. The molecule has 4 unspecified atom stereocenters. The quantitative estimate of drug-likeness (QED) is 0.760. The third-order valence-corrected chi connectivity index (χ3v) is 5.04. The van der Waals surface area contributed by atoms with E-state index >= 15 is 0 Å². The topological polar surface area (TPSA) is 23.5 Å². The van der Waals surface area contributed by atoms with E-state index in [9.17, 15) is 5.11 Å². The Balaban J connectivity index is 2.04. The lowest BCUT2D eigenvalue weighted by Gasteiger charge is -2.44. The summed E-state index contributed by atoms with van der Waals surface area (Å²) in [5.74, 6) is 0.767. The summed E-state index contributed by atoms with van der Waals surface area (Å²) in [5, 5.41) is 10.3. The monoisotopic (exact) mass is 239 g/mol. The smallest absolute Gasteiger partial charge is 0.0695 e. The summed E-state index contributed by atoms with van der Waals surface area (Å²) in [6.45, 7) is 10.6. The maximum Gasteiger partial charge on any atom is 0.0695 e. The number of aliphatic hydroxyl groups is 1. The van der Waals surface area contributed by atoms with Gasteiger partial charge in [-0.1, -0.05) is 20.8 Å². The van der Waals surface area contributed by atoms with Crippen LogP contribution in [0.4, 0.5) is 0 Å². The summed E-state index contributed by atoms with van der Waals surface area (Å²) in [7, 11) is 0. The van der Waals surface area contributed by atoms with E-state index in [1.165, 1.54) is 32.2 Å². The summed E-state index contributed by atoms with van der Waals surface area (Å²) >= 11 is 0. The van der Waals surface area contributed by atoms with Crippen LogP contribution in [-0.4, -0.2) is 34.7 Å². The van der Waals surface area contributed by atoms with Crippen molar-refractivity contribution in [1.82, 2.24) is 4.90 Å². The molecule has 0 bridgehead atoms. The second-order valence-corrected chi connectivity index (χ2v) is 7.24. The molecule has 4 atom stereocenters. The van der Waals surface area contributed by atoms with Crippen molar-refractivity contribution >= 4 is 0 Å². The molecule has 2 heteroatoms. The minimum absolute atomic E-state index is 0.0888. The number of likely N-dealkylation sites (tertiary alicyclic amines) is 1. The van der Waals surface area contributed by atoms with Gasteiger partial charge in [-0.2, -0.15) is 0 Å². The second kappa shape index (κ2) is 4.89. The van der Waals surface area contributed by atoms with Gasteiger partial charge >= 0.3 is 0 Å². The second-order valence-electron chi connectivity index (χ2n) is 7.24. The molecule has 100 valence electrons. The number of aliphatic hydroxyl groups excluding tert-OH is 1. The highest BCUT2D eigenvalue weighted by Gasteiger charge is 2.40. The van der Waals surface area contributed by atoms with E-state index < -0.39 is 0 Å². The molecule has 17 heavy (non-hydrogen) atoms. The first-order valence-electron chi connectivity index (χ1n) is 7.33. The zero-order valence-corrected chi connectivity index (χ0v) is 11.9. The van der Waals surface area contributed by atoms with E-state index in [2.05, 4.69) is 32.6 Å². The van der Waals surface area contributed by atoms with Gasteiger partial charge < -0.3 is 5.11 Å². The van der Waals surface area contributed by atoms with Crippen LogP contribution in [0.5, 0.6) is 0 Å². The molecule has 2 rings (SSSR count). The van der Waals surface area contributed by atoms with Crippen LogP contribution >= 0.6 is 0 Å². The molecule has 0 aromatic rings. The van der Waals surface area contributed by atoms with Crippen molar-refractivity contribution in [3.63, 3.8) is 0 Å². The molecule has 0 amide bonds. The minimum Gasteiger partial charge on any atom is -0.391 e. The van der Waals surface area contributed by atoms with E-state index in [0.29, 0.717) is 17.5 Å². The molecule has 0 radical (unpaired) electrons. The average molecular weight is 239 g/mol. The lowest BCUT2D eigenvalue weighted by Crippen LogP contribution is -2.50. The number of hydrogen-bond donors (Lipinski definition) is 1. The van der Waals surface area contributed by atoms with Crippen LogP contribution in [-0.2, 0) is 0 Å². The molecule has 0 aromatic carbocycles. The van der Waals surface area contributed by atoms with Gasteiger partial charge in [-0.25, -0.2) is 0 Å². The van der Waals surface area contributed by atoms with E-state index in [-0.39, 0.29) is 6.10 Å². The fraction of sp³-hybridized carbons (Fsp3) is 1.00. The highest BCUT2D eigenvalue weighted by atomic mass is 16.3. The van der Waals surface area contributed by atoms with Gasteiger partial charge in [0.2, 0.25) is 0 Å². The molecule has 1 saturated heterocycles. The molecule has 0 spiro atoms. The fourth-order valence-electron chi connectivity index (χ4n) is 3.72. The molecule has 1 aliphatic heterocycles. The molecule has 1 saturated carbocycles. The van der Waals surface area contributed by atoms with Crippen LogP contribution in [0.2, 0.25) is 0 Å². The summed E-state index contributed by atoms with van der Waals surface area (Å²) in [6, 6.07) is 1.10. The Bertz CT molecular complexity index is 258. The molecule has 0 aromatic heterocycles. The molecule has 1 aliphatic carbocycles. The van der Waals surface area contributed by atoms with Crippen LogP contribution in [0.3, 0.4) is 0 Å². The van der Waals surface area contributed by atoms with Crippen molar-refractivity contribution in [1.29, 1.82) is 0 Å². The van der Waals surface area contributed by atoms with Crippen molar-refractivity contribution in [2.75, 3.05) is 6.54 Å². The van der Waals surface area contributed by atoms with Gasteiger partial charge in [-0.05, 0) is 56.9 Å². The zero-order valence-electron chi connectivity index (χ0n) is 11.9. The maximum absolute atomic E-state index is 10.3. The molecule has 1 N–H and O–H groups in total. The Morgan fingerprint density at radius 2 is 1.82 bits per heavy atom. The van der Waals surface area contributed by atoms with E-state index in [0.717, 1.165) is 12.3 Å². The first-order chi connectivity index (χ1) is 7.89. The van der Waals surface area contributed by atoms with Crippen LogP contribution in [0.15, 0.2) is 0 Å². The lowest BCUT2D eigenvalue weighted by molar-refractivity contribution is -0.0196. The summed E-state index contributed by atoms with van der Waals surface area (Å²) in [6.07, 6.45) is 5.91. The average Bonchev–Trinajstić information content (AvgIpc) is 2.63. The minimum atomic E-state index is -0.0888. The van der Waals surface area contributed by atoms with Crippen LogP contribution in [0.1, 0.15) is 59.8 Å². The predicted molar refractivity (Wildman–Crippen MR) is 72.0 cm³/mol. The number of nitrogens with zero attached hydrogens (tertiary/aromatic N) is 1. The Labute approximate surface area is 106 Å². The lowest BCUT2D eigenvalue weighted by atomic mass is 9.70. The third kappa shape index (κ3) is 2.85. The van der Waals surface area contributed by atoms with Gasteiger partial charge in [-0.3, -0.25) is 4.90 Å². The normalized spacial score (nSPS) is 40.8. The van der Waals surface area contributed by atoms with Crippen molar-refractivity contribution < 1.29 is 5.11 Å². The number of rotatable bonds is 1. The number of hydrogen-bond acceptors (Lipinski definition) is 2. The first kappa shape index (κ1) is 13.4. The molecular formula is C15H29NO. The SMILES string of the molecule is CC1CCCN1C1CC(C(C)(C)C)CCC1O. The fourth-order valence-corrected chi connectivity index (χ4v) is 3.72.